The number of allylic oxidation sites excluding steroid dienone is 1. The number of Topliss-reactive ketones (excluding diaryl/α,β-unsaturated/α-hetero) is 1. The minimum Gasteiger partial charge on any atom is -0.509 e. The first kappa shape index (κ1) is 17.9. The van der Waals surface area contributed by atoms with Gasteiger partial charge in [-0.25, -0.2) is 4.79 Å². The Balaban J connectivity index is 1.96. The van der Waals surface area contributed by atoms with Crippen LogP contribution in [-0.2, 0) is 15.1 Å². The number of aliphatic hydroxyl groups excluding tert-OH is 1. The molecule has 0 bridgehead atoms. The SMILES string of the molecule is COC(=O)C1=C(O)C2(CCCCC2)n2ccc(-c3ccc(Cl)cc3)c2C1=O. The van der Waals surface area contributed by atoms with Crippen LogP contribution in [0, 0.1) is 0 Å². The van der Waals surface area contributed by atoms with Gasteiger partial charge >= 0.3 is 5.97 Å². The maximum atomic E-state index is 13.2. The molecule has 1 aliphatic carbocycles. The van der Waals surface area contributed by atoms with Gasteiger partial charge in [0, 0.05) is 16.8 Å². The number of ether oxygens (including phenoxy) is 1. The second-order valence-electron chi connectivity index (χ2n) is 7.09. The normalized spacial score (nSPS) is 18.5. The molecule has 0 atom stereocenters. The number of carbonyl (C=O) groups excluding carboxylic acids is 2. The van der Waals surface area contributed by atoms with Gasteiger partial charge in [-0.1, -0.05) is 43.0 Å². The maximum Gasteiger partial charge on any atom is 0.345 e. The largest absolute Gasteiger partial charge is 0.509 e. The van der Waals surface area contributed by atoms with Gasteiger partial charge in [0.15, 0.2) is 0 Å². The fourth-order valence-corrected chi connectivity index (χ4v) is 4.49. The molecule has 5 nitrogen and oxygen atoms in total. The summed E-state index contributed by atoms with van der Waals surface area (Å²) in [5.74, 6) is -1.47. The Morgan fingerprint density at radius 1 is 1.15 bits per heavy atom. The van der Waals surface area contributed by atoms with E-state index in [1.54, 1.807) is 12.1 Å². The van der Waals surface area contributed by atoms with Crippen LogP contribution in [0.2, 0.25) is 5.02 Å². The number of hydrogen-bond acceptors (Lipinski definition) is 4. The van der Waals surface area contributed by atoms with E-state index < -0.39 is 17.3 Å². The predicted molar refractivity (Wildman–Crippen MR) is 102 cm³/mol. The Kier molecular flexibility index (Phi) is 4.35. The molecule has 140 valence electrons. The maximum absolute atomic E-state index is 13.2. The second kappa shape index (κ2) is 6.57. The predicted octanol–water partition coefficient (Wildman–Crippen LogP) is 4.65. The molecule has 1 spiro atoms. The number of benzene rings is 1. The van der Waals surface area contributed by atoms with Gasteiger partial charge in [0.25, 0.3) is 0 Å². The summed E-state index contributed by atoms with van der Waals surface area (Å²) in [5.41, 5.74) is 0.946. The van der Waals surface area contributed by atoms with Crippen LogP contribution < -0.4 is 0 Å². The topological polar surface area (TPSA) is 68.5 Å². The van der Waals surface area contributed by atoms with Crippen molar-refractivity contribution in [2.45, 2.75) is 37.6 Å². The van der Waals surface area contributed by atoms with Gasteiger partial charge in [-0.3, -0.25) is 4.79 Å². The average Bonchev–Trinajstić information content (AvgIpc) is 3.14. The van der Waals surface area contributed by atoms with Crippen LogP contribution in [0.1, 0.15) is 42.6 Å². The van der Waals surface area contributed by atoms with E-state index in [-0.39, 0.29) is 11.3 Å². The summed E-state index contributed by atoms with van der Waals surface area (Å²) in [6.45, 7) is 0. The van der Waals surface area contributed by atoms with Crippen LogP contribution in [0.4, 0.5) is 0 Å². The van der Waals surface area contributed by atoms with Crippen LogP contribution in [-0.4, -0.2) is 28.5 Å². The van der Waals surface area contributed by atoms with Crippen molar-refractivity contribution in [3.63, 3.8) is 0 Å². The van der Waals surface area contributed by atoms with E-state index in [4.69, 9.17) is 16.3 Å². The van der Waals surface area contributed by atoms with Crippen LogP contribution in [0.25, 0.3) is 11.1 Å². The van der Waals surface area contributed by atoms with Crippen molar-refractivity contribution < 1.29 is 19.4 Å². The number of hydrogen-bond donors (Lipinski definition) is 1. The second-order valence-corrected chi connectivity index (χ2v) is 7.53. The number of fused-ring (bicyclic) bond motifs is 2. The third-order valence-corrected chi connectivity index (χ3v) is 5.94. The van der Waals surface area contributed by atoms with Crippen molar-refractivity contribution in [2.24, 2.45) is 0 Å². The van der Waals surface area contributed by atoms with Gasteiger partial charge in [0.1, 0.15) is 16.9 Å². The van der Waals surface area contributed by atoms with Crippen LogP contribution >= 0.6 is 11.6 Å². The molecule has 2 aromatic rings. The zero-order chi connectivity index (χ0) is 19.2. The molecule has 1 aliphatic heterocycles. The Hall–Kier alpha value is -2.53. The third-order valence-electron chi connectivity index (χ3n) is 5.69. The summed E-state index contributed by atoms with van der Waals surface area (Å²) < 4.78 is 6.67. The standard InChI is InChI=1S/C21H20ClNO4/c1-27-20(26)16-18(24)17-15(13-5-7-14(22)8-6-13)9-12-23(17)21(19(16)25)10-3-2-4-11-21/h5-9,12,25H,2-4,10-11H2,1H3. The van der Waals surface area contributed by atoms with Gasteiger partial charge in [0.05, 0.1) is 12.8 Å². The van der Waals surface area contributed by atoms with E-state index in [0.29, 0.717) is 23.6 Å². The fourth-order valence-electron chi connectivity index (χ4n) is 4.36. The monoisotopic (exact) mass is 385 g/mol. The van der Waals surface area contributed by atoms with Crippen molar-refractivity contribution in [1.29, 1.82) is 0 Å². The number of aromatic nitrogens is 1. The number of carbonyl (C=O) groups is 2. The van der Waals surface area contributed by atoms with Gasteiger partial charge in [-0.05, 0) is 36.6 Å². The highest BCUT2D eigenvalue weighted by atomic mass is 35.5. The molecule has 1 aromatic heterocycles. The van der Waals surface area contributed by atoms with E-state index in [1.807, 2.05) is 29.0 Å². The average molecular weight is 386 g/mol. The number of esters is 1. The molecule has 0 unspecified atom stereocenters. The van der Waals surface area contributed by atoms with Crippen LogP contribution in [0.5, 0.6) is 0 Å². The zero-order valence-electron chi connectivity index (χ0n) is 15.0. The highest BCUT2D eigenvalue weighted by Crippen LogP contribution is 2.47. The van der Waals surface area contributed by atoms with Gasteiger partial charge in [0.2, 0.25) is 5.78 Å². The number of methoxy groups -OCH3 is 1. The molecule has 27 heavy (non-hydrogen) atoms. The first-order valence-corrected chi connectivity index (χ1v) is 9.42. The van der Waals surface area contributed by atoms with Crippen molar-refractivity contribution in [2.75, 3.05) is 7.11 Å². The summed E-state index contributed by atoms with van der Waals surface area (Å²) in [5, 5.41) is 11.6. The third kappa shape index (κ3) is 2.60. The van der Waals surface area contributed by atoms with E-state index in [0.717, 1.165) is 30.4 Å². The van der Waals surface area contributed by atoms with E-state index in [1.165, 1.54) is 7.11 Å². The molecule has 0 amide bonds. The van der Waals surface area contributed by atoms with Gasteiger partial charge in [-0.15, -0.1) is 0 Å². The number of aliphatic hydroxyl groups is 1. The molecular weight excluding hydrogens is 366 g/mol. The lowest BCUT2D eigenvalue weighted by Gasteiger charge is -2.42. The lowest BCUT2D eigenvalue weighted by molar-refractivity contribution is -0.136. The molecule has 2 aliphatic rings. The van der Waals surface area contributed by atoms with Crippen molar-refractivity contribution in [3.8, 4) is 11.1 Å². The summed E-state index contributed by atoms with van der Waals surface area (Å²) in [6, 6.07) is 9.07. The highest BCUT2D eigenvalue weighted by Gasteiger charge is 2.49. The summed E-state index contributed by atoms with van der Waals surface area (Å²) >= 11 is 5.99. The van der Waals surface area contributed by atoms with E-state index in [9.17, 15) is 14.7 Å². The smallest absolute Gasteiger partial charge is 0.345 e. The molecule has 6 heteroatoms. The van der Waals surface area contributed by atoms with Gasteiger partial charge in [-0.2, -0.15) is 0 Å². The Labute approximate surface area is 162 Å². The number of rotatable bonds is 2. The molecular formula is C21H20ClNO4. The molecule has 2 heterocycles. The van der Waals surface area contributed by atoms with Crippen molar-refractivity contribution in [1.82, 2.24) is 4.57 Å². The number of ketones is 1. The fraction of sp³-hybridized carbons (Fsp3) is 0.333. The molecule has 0 radical (unpaired) electrons. The molecule has 1 N–H and O–H groups in total. The minimum atomic E-state index is -0.794. The summed E-state index contributed by atoms with van der Waals surface area (Å²) in [4.78, 5) is 25.6. The Bertz CT molecular complexity index is 949. The van der Waals surface area contributed by atoms with E-state index >= 15 is 0 Å². The molecule has 1 saturated carbocycles. The molecule has 1 aromatic carbocycles. The van der Waals surface area contributed by atoms with Gasteiger partial charge < -0.3 is 14.4 Å². The minimum absolute atomic E-state index is 0.162. The highest BCUT2D eigenvalue weighted by molar-refractivity contribution is 6.30. The Morgan fingerprint density at radius 3 is 2.44 bits per heavy atom. The Morgan fingerprint density at radius 2 is 1.81 bits per heavy atom. The van der Waals surface area contributed by atoms with Crippen LogP contribution in [0.15, 0.2) is 47.9 Å². The molecule has 0 saturated heterocycles. The quantitative estimate of drug-likeness (QED) is 0.603. The van der Waals surface area contributed by atoms with Crippen LogP contribution in [0.3, 0.4) is 0 Å². The van der Waals surface area contributed by atoms with Crippen molar-refractivity contribution >= 4 is 23.4 Å². The first-order valence-electron chi connectivity index (χ1n) is 9.04. The molecule has 1 fully saturated rings. The van der Waals surface area contributed by atoms with E-state index in [2.05, 4.69) is 0 Å². The molecule has 4 rings (SSSR count). The number of nitrogens with zero attached hydrogens (tertiary/aromatic N) is 1. The van der Waals surface area contributed by atoms with Crippen molar-refractivity contribution in [3.05, 3.63) is 58.6 Å². The summed E-state index contributed by atoms with van der Waals surface area (Å²) in [6.07, 6.45) is 6.09. The number of halogens is 1. The summed E-state index contributed by atoms with van der Waals surface area (Å²) in [7, 11) is 1.22. The zero-order valence-corrected chi connectivity index (χ0v) is 15.8. The first-order chi connectivity index (χ1) is 13.0. The lowest BCUT2D eigenvalue weighted by Crippen LogP contribution is -2.45. The lowest BCUT2D eigenvalue weighted by atomic mass is 9.75.